The molecule has 0 aromatic heterocycles. The number of carbonyl (C=O) groups is 5. The summed E-state index contributed by atoms with van der Waals surface area (Å²) in [6.45, 7) is 5.55. The second-order valence-corrected chi connectivity index (χ2v) is 12.3. The molecule has 4 amide bonds. The quantitative estimate of drug-likeness (QED) is 0.0504. The van der Waals surface area contributed by atoms with E-state index in [4.69, 9.17) is 17.2 Å². The van der Waals surface area contributed by atoms with Gasteiger partial charge in [-0.15, -0.1) is 0 Å². The summed E-state index contributed by atoms with van der Waals surface area (Å²) < 4.78 is 0. The average molecular weight is 663 g/mol. The van der Waals surface area contributed by atoms with Crippen LogP contribution >= 0.6 is 0 Å². The lowest BCUT2D eigenvalue weighted by molar-refractivity contribution is -0.147. The van der Waals surface area contributed by atoms with E-state index >= 15 is 0 Å². The van der Waals surface area contributed by atoms with Crippen molar-refractivity contribution in [1.29, 1.82) is 0 Å². The predicted octanol–water partition coefficient (Wildman–Crippen LogP) is -1.34. The Balaban J connectivity index is 2.23. The van der Waals surface area contributed by atoms with Gasteiger partial charge >= 0.3 is 5.97 Å². The van der Waals surface area contributed by atoms with Gasteiger partial charge in [-0.1, -0.05) is 26.0 Å². The SMILES string of the molecule is CC(C)C[C@H](NC(=O)[C@H](Cc1ccc(O)cc1)NC(=O)[C@@H](N)CCCCN=C(N)N)C(=O)N1CCC[C@H]1C(=O)N[C@H](C(=O)O)[C@@H](C)O. The highest BCUT2D eigenvalue weighted by molar-refractivity contribution is 5.96. The Labute approximate surface area is 274 Å². The molecular weight excluding hydrogens is 612 g/mol. The average Bonchev–Trinajstić information content (AvgIpc) is 3.49. The lowest BCUT2D eigenvalue weighted by atomic mass is 9.99. The van der Waals surface area contributed by atoms with Crippen molar-refractivity contribution in [3.63, 3.8) is 0 Å². The molecule has 1 aromatic rings. The molecule has 1 aliphatic heterocycles. The predicted molar refractivity (Wildman–Crippen MR) is 174 cm³/mol. The number of aromatic hydroxyl groups is 1. The molecule has 6 atom stereocenters. The highest BCUT2D eigenvalue weighted by atomic mass is 16.4. The van der Waals surface area contributed by atoms with E-state index in [9.17, 15) is 39.3 Å². The Hall–Kier alpha value is -4.44. The fraction of sp³-hybridized carbons (Fsp3) is 0.613. The molecule has 1 heterocycles. The van der Waals surface area contributed by atoms with E-state index < -0.39 is 65.9 Å². The maximum atomic E-state index is 13.9. The van der Waals surface area contributed by atoms with Crippen LogP contribution < -0.4 is 33.2 Å². The van der Waals surface area contributed by atoms with Crippen molar-refractivity contribution >= 4 is 35.6 Å². The zero-order valence-corrected chi connectivity index (χ0v) is 27.2. The van der Waals surface area contributed by atoms with Gasteiger partial charge in [0.1, 0.15) is 23.9 Å². The number of benzene rings is 1. The summed E-state index contributed by atoms with van der Waals surface area (Å²) in [7, 11) is 0. The van der Waals surface area contributed by atoms with Crippen LogP contribution in [0.3, 0.4) is 0 Å². The molecule has 2 rings (SSSR count). The molecule has 0 spiro atoms. The van der Waals surface area contributed by atoms with Crippen LogP contribution in [0.25, 0.3) is 0 Å². The number of aliphatic hydroxyl groups excluding tert-OH is 1. The molecule has 1 saturated heterocycles. The summed E-state index contributed by atoms with van der Waals surface area (Å²) >= 11 is 0. The minimum absolute atomic E-state index is 0.0245. The number of carbonyl (C=O) groups excluding carboxylic acids is 4. The molecular formula is C31H50N8O8. The number of hydrogen-bond acceptors (Lipinski definition) is 9. The van der Waals surface area contributed by atoms with E-state index in [1.54, 1.807) is 12.1 Å². The summed E-state index contributed by atoms with van der Waals surface area (Å²) in [6, 6.07) is 0.425. The van der Waals surface area contributed by atoms with Gasteiger partial charge in [-0.3, -0.25) is 24.2 Å². The first kappa shape index (κ1) is 38.7. The molecule has 16 heteroatoms. The number of unbranched alkanes of at least 4 members (excludes halogenated alkanes) is 1. The fourth-order valence-electron chi connectivity index (χ4n) is 5.28. The topological polar surface area (TPSA) is 276 Å². The number of aliphatic carboxylic acids is 1. The Kier molecular flexibility index (Phi) is 15.4. The van der Waals surface area contributed by atoms with Crippen LogP contribution in [0.1, 0.15) is 64.9 Å². The molecule has 12 N–H and O–H groups in total. The van der Waals surface area contributed by atoms with Gasteiger partial charge in [0.15, 0.2) is 12.0 Å². The Morgan fingerprint density at radius 2 is 1.62 bits per heavy atom. The number of nitrogens with zero attached hydrogens (tertiary/aromatic N) is 2. The number of carboxylic acids is 1. The zero-order valence-electron chi connectivity index (χ0n) is 27.2. The van der Waals surface area contributed by atoms with Crippen LogP contribution in [-0.4, -0.2) is 105 Å². The van der Waals surface area contributed by atoms with Crippen LogP contribution in [0.4, 0.5) is 0 Å². The van der Waals surface area contributed by atoms with Crippen molar-refractivity contribution in [2.45, 2.75) is 102 Å². The van der Waals surface area contributed by atoms with E-state index in [2.05, 4.69) is 20.9 Å². The third-order valence-corrected chi connectivity index (χ3v) is 7.77. The third-order valence-electron chi connectivity index (χ3n) is 7.77. The Bertz CT molecular complexity index is 1250. The molecule has 0 bridgehead atoms. The van der Waals surface area contributed by atoms with Gasteiger partial charge in [0, 0.05) is 19.5 Å². The molecule has 0 unspecified atom stereocenters. The van der Waals surface area contributed by atoms with Gasteiger partial charge in [-0.05, 0) is 69.1 Å². The molecule has 1 aliphatic rings. The van der Waals surface area contributed by atoms with Gasteiger partial charge in [-0.25, -0.2) is 4.79 Å². The zero-order chi connectivity index (χ0) is 35.3. The maximum absolute atomic E-state index is 13.9. The largest absolute Gasteiger partial charge is 0.508 e. The Morgan fingerprint density at radius 1 is 0.979 bits per heavy atom. The molecule has 1 aromatic carbocycles. The number of hydrogen-bond donors (Lipinski definition) is 9. The van der Waals surface area contributed by atoms with Gasteiger partial charge in [0.2, 0.25) is 23.6 Å². The van der Waals surface area contributed by atoms with Crippen molar-refractivity contribution in [3.8, 4) is 5.75 Å². The van der Waals surface area contributed by atoms with Crippen LogP contribution in [0.5, 0.6) is 5.75 Å². The summed E-state index contributed by atoms with van der Waals surface area (Å²) in [5.41, 5.74) is 17.4. The first-order chi connectivity index (χ1) is 22.1. The monoisotopic (exact) mass is 662 g/mol. The number of phenols is 1. The number of nitrogens with two attached hydrogens (primary N) is 3. The number of guanidine groups is 1. The minimum atomic E-state index is -1.56. The second kappa shape index (κ2) is 18.6. The first-order valence-electron chi connectivity index (χ1n) is 15.8. The number of likely N-dealkylation sites (tertiary alicyclic amines) is 1. The van der Waals surface area contributed by atoms with Crippen molar-refractivity contribution in [3.05, 3.63) is 29.8 Å². The number of aliphatic hydroxyl groups is 1. The van der Waals surface area contributed by atoms with E-state index in [0.717, 1.165) is 0 Å². The van der Waals surface area contributed by atoms with Crippen molar-refractivity contribution in [2.24, 2.45) is 28.1 Å². The van der Waals surface area contributed by atoms with E-state index in [0.29, 0.717) is 37.8 Å². The highest BCUT2D eigenvalue weighted by Gasteiger charge is 2.40. The number of phenolic OH excluding ortho intramolecular Hbond substituents is 1. The molecule has 0 saturated carbocycles. The van der Waals surface area contributed by atoms with Crippen molar-refractivity contribution in [1.82, 2.24) is 20.9 Å². The molecule has 0 aliphatic carbocycles. The first-order valence-corrected chi connectivity index (χ1v) is 15.8. The van der Waals surface area contributed by atoms with E-state index in [1.807, 2.05) is 13.8 Å². The maximum Gasteiger partial charge on any atom is 0.328 e. The second-order valence-electron chi connectivity index (χ2n) is 12.3. The molecule has 262 valence electrons. The van der Waals surface area contributed by atoms with Crippen molar-refractivity contribution < 1.29 is 39.3 Å². The van der Waals surface area contributed by atoms with Gasteiger partial charge < -0.3 is 53.4 Å². The number of nitrogens with one attached hydrogen (secondary N) is 3. The molecule has 1 fully saturated rings. The smallest absolute Gasteiger partial charge is 0.328 e. The summed E-state index contributed by atoms with van der Waals surface area (Å²) in [6.07, 6.45) is 1.09. The summed E-state index contributed by atoms with van der Waals surface area (Å²) in [4.78, 5) is 70.5. The van der Waals surface area contributed by atoms with Crippen molar-refractivity contribution in [2.75, 3.05) is 13.1 Å². The highest BCUT2D eigenvalue weighted by Crippen LogP contribution is 2.21. The molecule has 16 nitrogen and oxygen atoms in total. The standard InChI is InChI=1S/C31H50N8O8/c1-17(2)15-23(29(45)39-14-6-8-24(39)28(44)38-25(18(3)40)30(46)47)37-27(43)22(16-19-9-11-20(41)12-10-19)36-26(42)21(32)7-4-5-13-35-31(33)34/h9-12,17-18,21-25,40-41H,4-8,13-16,32H2,1-3H3,(H,36,42)(H,37,43)(H,38,44)(H,46,47)(H4,33,34,35)/t18-,21+,22+,23+,24+,25+/m1/s1. The number of aliphatic imine (C=N–C) groups is 1. The lowest BCUT2D eigenvalue weighted by Crippen LogP contribution is -2.59. The third kappa shape index (κ3) is 12.7. The number of amides is 4. The molecule has 47 heavy (non-hydrogen) atoms. The number of carboxylic acid groups (broad SMARTS) is 1. The van der Waals surface area contributed by atoms with E-state index in [-0.39, 0.29) is 43.4 Å². The minimum Gasteiger partial charge on any atom is -0.508 e. The lowest BCUT2D eigenvalue weighted by Gasteiger charge is -2.31. The van der Waals surface area contributed by atoms with Gasteiger partial charge in [0.05, 0.1) is 12.1 Å². The normalized spacial score (nSPS) is 17.6. The Morgan fingerprint density at radius 3 is 2.19 bits per heavy atom. The van der Waals surface area contributed by atoms with Crippen LogP contribution in [0.2, 0.25) is 0 Å². The van der Waals surface area contributed by atoms with E-state index in [1.165, 1.54) is 24.0 Å². The summed E-state index contributed by atoms with van der Waals surface area (Å²) in [5, 5.41) is 36.7. The van der Waals surface area contributed by atoms with Gasteiger partial charge in [0.25, 0.3) is 0 Å². The summed E-state index contributed by atoms with van der Waals surface area (Å²) in [5.74, 6) is -3.94. The van der Waals surface area contributed by atoms with Crippen LogP contribution in [0.15, 0.2) is 29.3 Å². The fourth-order valence-corrected chi connectivity index (χ4v) is 5.28. The van der Waals surface area contributed by atoms with Gasteiger partial charge in [-0.2, -0.15) is 0 Å². The van der Waals surface area contributed by atoms with Crippen LogP contribution in [0, 0.1) is 5.92 Å². The number of rotatable bonds is 18. The van der Waals surface area contributed by atoms with Crippen LogP contribution in [-0.2, 0) is 30.4 Å². The molecule has 0 radical (unpaired) electrons.